The first kappa shape index (κ1) is 12.4. The molecule has 18 heavy (non-hydrogen) atoms. The lowest BCUT2D eigenvalue weighted by Gasteiger charge is -2.10. The molecule has 3 N–H and O–H groups in total. The number of hydrogen-bond acceptors (Lipinski definition) is 4. The van der Waals surface area contributed by atoms with Crippen molar-refractivity contribution in [1.82, 2.24) is 4.98 Å². The summed E-state index contributed by atoms with van der Waals surface area (Å²) in [6.45, 7) is 1.32. The molecule has 0 atom stereocenters. The standard InChI is InChI=1S/C14H17N3O/c1-18-10-12-6-3-2-5-11(12)9-16-14-8-4-7-13(15)17-14/h2-8H,9-10H2,1H3,(H3,15,16,17). The van der Waals surface area contributed by atoms with Crippen LogP contribution in [0.5, 0.6) is 0 Å². The van der Waals surface area contributed by atoms with Gasteiger partial charge in [0.15, 0.2) is 0 Å². The zero-order valence-electron chi connectivity index (χ0n) is 10.4. The van der Waals surface area contributed by atoms with Gasteiger partial charge in [0.2, 0.25) is 0 Å². The molecule has 0 aliphatic rings. The molecular formula is C14H17N3O. The summed E-state index contributed by atoms with van der Waals surface area (Å²) in [6, 6.07) is 13.7. The minimum Gasteiger partial charge on any atom is -0.384 e. The lowest BCUT2D eigenvalue weighted by molar-refractivity contribution is 0.184. The number of nitrogens with one attached hydrogen (secondary N) is 1. The maximum absolute atomic E-state index is 5.63. The minimum atomic E-state index is 0.519. The van der Waals surface area contributed by atoms with E-state index < -0.39 is 0 Å². The lowest BCUT2D eigenvalue weighted by Crippen LogP contribution is -2.05. The van der Waals surface area contributed by atoms with Gasteiger partial charge in [0.1, 0.15) is 11.6 Å². The van der Waals surface area contributed by atoms with Crippen LogP contribution in [-0.4, -0.2) is 12.1 Å². The Hall–Kier alpha value is -2.07. The molecule has 1 aromatic carbocycles. The van der Waals surface area contributed by atoms with Gasteiger partial charge in [0.05, 0.1) is 6.61 Å². The molecule has 0 fully saturated rings. The highest BCUT2D eigenvalue weighted by molar-refractivity contribution is 5.43. The third-order valence-electron chi connectivity index (χ3n) is 2.65. The van der Waals surface area contributed by atoms with Crippen molar-refractivity contribution in [3.8, 4) is 0 Å². The van der Waals surface area contributed by atoms with Crippen molar-refractivity contribution in [2.75, 3.05) is 18.2 Å². The summed E-state index contributed by atoms with van der Waals surface area (Å²) in [5.74, 6) is 1.30. The van der Waals surface area contributed by atoms with Gasteiger partial charge in [-0.25, -0.2) is 4.98 Å². The summed E-state index contributed by atoms with van der Waals surface area (Å²) < 4.78 is 5.18. The van der Waals surface area contributed by atoms with E-state index in [1.807, 2.05) is 24.3 Å². The van der Waals surface area contributed by atoms with Gasteiger partial charge in [-0.3, -0.25) is 0 Å². The molecule has 0 aliphatic heterocycles. The van der Waals surface area contributed by atoms with Crippen LogP contribution < -0.4 is 11.1 Å². The predicted molar refractivity (Wildman–Crippen MR) is 73.1 cm³/mol. The Kier molecular flexibility index (Phi) is 4.15. The fourth-order valence-corrected chi connectivity index (χ4v) is 1.76. The Morgan fingerprint density at radius 2 is 1.89 bits per heavy atom. The SMILES string of the molecule is COCc1ccccc1CNc1cccc(N)n1. The summed E-state index contributed by atoms with van der Waals surface area (Å²) in [6.07, 6.45) is 0. The number of nitrogen functional groups attached to an aromatic ring is 1. The zero-order valence-corrected chi connectivity index (χ0v) is 10.4. The van der Waals surface area contributed by atoms with E-state index in [1.54, 1.807) is 13.2 Å². The third-order valence-corrected chi connectivity index (χ3v) is 2.65. The molecule has 0 amide bonds. The van der Waals surface area contributed by atoms with Gasteiger partial charge in [0, 0.05) is 13.7 Å². The largest absolute Gasteiger partial charge is 0.384 e. The Balaban J connectivity index is 2.06. The van der Waals surface area contributed by atoms with Crippen molar-refractivity contribution >= 4 is 11.6 Å². The average Bonchev–Trinajstić information content (AvgIpc) is 2.38. The molecule has 4 heteroatoms. The molecule has 0 saturated heterocycles. The number of rotatable bonds is 5. The molecule has 2 aromatic rings. The highest BCUT2D eigenvalue weighted by Gasteiger charge is 2.01. The van der Waals surface area contributed by atoms with Crippen LogP contribution in [0.15, 0.2) is 42.5 Å². The van der Waals surface area contributed by atoms with E-state index in [9.17, 15) is 0 Å². The second-order valence-corrected chi connectivity index (χ2v) is 4.00. The number of aromatic nitrogens is 1. The van der Waals surface area contributed by atoms with Crippen molar-refractivity contribution in [1.29, 1.82) is 0 Å². The Bertz CT molecular complexity index is 514. The van der Waals surface area contributed by atoms with E-state index in [0.29, 0.717) is 19.0 Å². The predicted octanol–water partition coefficient (Wildman–Crippen LogP) is 2.42. The summed E-state index contributed by atoms with van der Waals surface area (Å²) in [7, 11) is 1.70. The number of benzene rings is 1. The molecule has 0 bridgehead atoms. The van der Waals surface area contributed by atoms with Crippen LogP contribution in [0.3, 0.4) is 0 Å². The molecule has 94 valence electrons. The second-order valence-electron chi connectivity index (χ2n) is 4.00. The van der Waals surface area contributed by atoms with E-state index in [0.717, 1.165) is 5.82 Å². The van der Waals surface area contributed by atoms with Crippen molar-refractivity contribution in [2.24, 2.45) is 0 Å². The Labute approximate surface area is 107 Å². The Morgan fingerprint density at radius 3 is 2.61 bits per heavy atom. The van der Waals surface area contributed by atoms with Gasteiger partial charge in [-0.15, -0.1) is 0 Å². The van der Waals surface area contributed by atoms with Crippen LogP contribution >= 0.6 is 0 Å². The molecule has 1 aromatic heterocycles. The minimum absolute atomic E-state index is 0.519. The third kappa shape index (κ3) is 3.21. The van der Waals surface area contributed by atoms with Gasteiger partial charge < -0.3 is 15.8 Å². The van der Waals surface area contributed by atoms with E-state index in [-0.39, 0.29) is 0 Å². The van der Waals surface area contributed by atoms with Crippen LogP contribution in [0.2, 0.25) is 0 Å². The van der Waals surface area contributed by atoms with Crippen molar-refractivity contribution in [2.45, 2.75) is 13.2 Å². The molecular weight excluding hydrogens is 226 g/mol. The highest BCUT2D eigenvalue weighted by atomic mass is 16.5. The molecule has 0 aliphatic carbocycles. The van der Waals surface area contributed by atoms with Gasteiger partial charge in [-0.1, -0.05) is 30.3 Å². The summed E-state index contributed by atoms with van der Waals surface area (Å²) in [5, 5.41) is 3.25. The first-order valence-corrected chi connectivity index (χ1v) is 5.81. The average molecular weight is 243 g/mol. The number of nitrogens with zero attached hydrogens (tertiary/aromatic N) is 1. The van der Waals surface area contributed by atoms with Crippen LogP contribution in [0.4, 0.5) is 11.6 Å². The number of hydrogen-bond donors (Lipinski definition) is 2. The molecule has 0 radical (unpaired) electrons. The molecule has 0 spiro atoms. The fourth-order valence-electron chi connectivity index (χ4n) is 1.76. The van der Waals surface area contributed by atoms with Crippen LogP contribution in [-0.2, 0) is 17.9 Å². The van der Waals surface area contributed by atoms with Crippen molar-refractivity contribution in [3.63, 3.8) is 0 Å². The first-order chi connectivity index (χ1) is 8.79. The smallest absolute Gasteiger partial charge is 0.128 e. The normalized spacial score (nSPS) is 10.3. The van der Waals surface area contributed by atoms with Crippen LogP contribution in [0.1, 0.15) is 11.1 Å². The van der Waals surface area contributed by atoms with E-state index in [1.165, 1.54) is 11.1 Å². The summed E-state index contributed by atoms with van der Waals surface area (Å²) in [4.78, 5) is 4.20. The highest BCUT2D eigenvalue weighted by Crippen LogP contribution is 2.13. The second kappa shape index (κ2) is 6.02. The number of ether oxygens (including phenoxy) is 1. The number of pyridine rings is 1. The molecule has 4 nitrogen and oxygen atoms in total. The zero-order chi connectivity index (χ0) is 12.8. The molecule has 2 rings (SSSR count). The topological polar surface area (TPSA) is 60.2 Å². The van der Waals surface area contributed by atoms with E-state index >= 15 is 0 Å². The fraction of sp³-hybridized carbons (Fsp3) is 0.214. The molecule has 1 heterocycles. The van der Waals surface area contributed by atoms with Crippen molar-refractivity contribution in [3.05, 3.63) is 53.6 Å². The maximum atomic E-state index is 5.63. The molecule has 0 unspecified atom stereocenters. The summed E-state index contributed by atoms with van der Waals surface area (Å²) in [5.41, 5.74) is 8.01. The van der Waals surface area contributed by atoms with E-state index in [4.69, 9.17) is 10.5 Å². The quantitative estimate of drug-likeness (QED) is 0.846. The number of methoxy groups -OCH3 is 1. The van der Waals surface area contributed by atoms with Gasteiger partial charge in [0.25, 0.3) is 0 Å². The van der Waals surface area contributed by atoms with Crippen LogP contribution in [0, 0.1) is 0 Å². The number of anilines is 2. The first-order valence-electron chi connectivity index (χ1n) is 5.81. The number of nitrogens with two attached hydrogens (primary N) is 1. The van der Waals surface area contributed by atoms with E-state index in [2.05, 4.69) is 22.4 Å². The van der Waals surface area contributed by atoms with Gasteiger partial charge >= 0.3 is 0 Å². The van der Waals surface area contributed by atoms with Gasteiger partial charge in [-0.2, -0.15) is 0 Å². The lowest BCUT2D eigenvalue weighted by atomic mass is 10.1. The summed E-state index contributed by atoms with van der Waals surface area (Å²) >= 11 is 0. The van der Waals surface area contributed by atoms with Crippen LogP contribution in [0.25, 0.3) is 0 Å². The van der Waals surface area contributed by atoms with Gasteiger partial charge in [-0.05, 0) is 23.3 Å². The monoisotopic (exact) mass is 243 g/mol. The Morgan fingerprint density at radius 1 is 1.11 bits per heavy atom. The molecule has 0 saturated carbocycles. The maximum Gasteiger partial charge on any atom is 0.128 e. The van der Waals surface area contributed by atoms with Crippen molar-refractivity contribution < 1.29 is 4.74 Å².